The summed E-state index contributed by atoms with van der Waals surface area (Å²) in [4.78, 5) is 0. The van der Waals surface area contributed by atoms with Crippen LogP contribution in [0.4, 0.5) is 0 Å². The zero-order valence-electron chi connectivity index (χ0n) is 10.1. The summed E-state index contributed by atoms with van der Waals surface area (Å²) in [5.41, 5.74) is 1.26. The maximum Gasteiger partial charge on any atom is 0.147 e. The van der Waals surface area contributed by atoms with Gasteiger partial charge in [-0.2, -0.15) is 0 Å². The second-order valence-electron chi connectivity index (χ2n) is 4.48. The van der Waals surface area contributed by atoms with Crippen LogP contribution in [0.25, 0.3) is 0 Å². The predicted octanol–water partition coefficient (Wildman–Crippen LogP) is 2.91. The van der Waals surface area contributed by atoms with Crippen molar-refractivity contribution in [2.24, 2.45) is 5.92 Å². The van der Waals surface area contributed by atoms with Crippen molar-refractivity contribution >= 4 is 21.4 Å². The van der Waals surface area contributed by atoms with E-state index in [2.05, 4.69) is 12.1 Å². The number of alkyl halides is 1. The Hall–Kier alpha value is -0.540. The normalized spacial score (nSPS) is 13.5. The molecule has 1 aromatic rings. The fourth-order valence-electron chi connectivity index (χ4n) is 1.82. The third-order valence-electron chi connectivity index (χ3n) is 2.71. The molecular formula is C13H19ClO2S. The number of rotatable bonds is 7. The molecule has 1 aromatic carbocycles. The molecule has 1 atom stereocenters. The smallest absolute Gasteiger partial charge is 0.147 e. The van der Waals surface area contributed by atoms with E-state index < -0.39 is 9.84 Å². The molecule has 0 aliphatic rings. The third kappa shape index (κ3) is 6.69. The summed E-state index contributed by atoms with van der Waals surface area (Å²) in [6.45, 7) is 0. The molecule has 4 heteroatoms. The fourth-order valence-corrected chi connectivity index (χ4v) is 2.77. The molecule has 0 bridgehead atoms. The lowest BCUT2D eigenvalue weighted by Crippen LogP contribution is -2.10. The number of hydrogen-bond acceptors (Lipinski definition) is 2. The van der Waals surface area contributed by atoms with Crippen LogP contribution in [-0.2, 0) is 16.3 Å². The number of benzene rings is 1. The highest BCUT2D eigenvalue weighted by molar-refractivity contribution is 7.90. The van der Waals surface area contributed by atoms with Gasteiger partial charge in [-0.25, -0.2) is 8.42 Å². The van der Waals surface area contributed by atoms with Gasteiger partial charge >= 0.3 is 0 Å². The van der Waals surface area contributed by atoms with Gasteiger partial charge in [0.05, 0.1) is 0 Å². The maximum absolute atomic E-state index is 11.0. The van der Waals surface area contributed by atoms with Crippen molar-refractivity contribution < 1.29 is 8.42 Å². The second kappa shape index (κ2) is 7.02. The molecule has 0 saturated carbocycles. The van der Waals surface area contributed by atoms with Crippen molar-refractivity contribution in [1.29, 1.82) is 0 Å². The summed E-state index contributed by atoms with van der Waals surface area (Å²) >= 11 is 5.92. The van der Waals surface area contributed by atoms with E-state index >= 15 is 0 Å². The van der Waals surface area contributed by atoms with Gasteiger partial charge in [-0.3, -0.25) is 0 Å². The summed E-state index contributed by atoms with van der Waals surface area (Å²) in [7, 11) is -2.84. The van der Waals surface area contributed by atoms with Crippen LogP contribution >= 0.6 is 11.6 Å². The van der Waals surface area contributed by atoms with Crippen molar-refractivity contribution in [2.45, 2.75) is 19.3 Å². The van der Waals surface area contributed by atoms with Gasteiger partial charge in [0.15, 0.2) is 0 Å². The van der Waals surface area contributed by atoms with E-state index in [0.29, 0.717) is 18.2 Å². The van der Waals surface area contributed by atoms with Crippen molar-refractivity contribution in [3.8, 4) is 0 Å². The van der Waals surface area contributed by atoms with Crippen molar-refractivity contribution in [1.82, 2.24) is 0 Å². The average Bonchev–Trinajstić information content (AvgIpc) is 2.27. The van der Waals surface area contributed by atoms with Crippen LogP contribution in [0.15, 0.2) is 30.3 Å². The number of sulfone groups is 1. The van der Waals surface area contributed by atoms with Crippen LogP contribution in [0.5, 0.6) is 0 Å². The Balaban J connectivity index is 2.39. The lowest BCUT2D eigenvalue weighted by molar-refractivity contribution is 0.524. The molecule has 0 aliphatic carbocycles. The lowest BCUT2D eigenvalue weighted by Gasteiger charge is -2.13. The zero-order chi connectivity index (χ0) is 12.7. The first-order chi connectivity index (χ1) is 8.01. The van der Waals surface area contributed by atoms with Crippen LogP contribution in [0, 0.1) is 5.92 Å². The molecule has 96 valence electrons. The Morgan fingerprint density at radius 1 is 1.24 bits per heavy atom. The molecule has 0 aliphatic heterocycles. The van der Waals surface area contributed by atoms with E-state index in [-0.39, 0.29) is 5.75 Å². The van der Waals surface area contributed by atoms with E-state index in [0.717, 1.165) is 12.8 Å². The van der Waals surface area contributed by atoms with Crippen LogP contribution in [0.3, 0.4) is 0 Å². The van der Waals surface area contributed by atoms with Gasteiger partial charge in [0.2, 0.25) is 0 Å². The number of halogens is 1. The minimum Gasteiger partial charge on any atom is -0.229 e. The molecule has 2 nitrogen and oxygen atoms in total. The highest BCUT2D eigenvalue weighted by Crippen LogP contribution is 2.16. The van der Waals surface area contributed by atoms with Gasteiger partial charge < -0.3 is 0 Å². The molecule has 0 spiro atoms. The van der Waals surface area contributed by atoms with Crippen molar-refractivity contribution in [3.63, 3.8) is 0 Å². The van der Waals surface area contributed by atoms with Crippen molar-refractivity contribution in [2.75, 3.05) is 17.9 Å². The molecule has 17 heavy (non-hydrogen) atoms. The minimum atomic E-state index is -2.84. The standard InChI is InChI=1S/C13H19ClO2S/c1-17(15,16)9-5-8-13(11-14)10-12-6-3-2-4-7-12/h2-4,6-7,13H,5,8-11H2,1H3. The molecule has 0 aromatic heterocycles. The summed E-state index contributed by atoms with van der Waals surface area (Å²) in [5, 5.41) is 0. The fraction of sp³-hybridized carbons (Fsp3) is 0.538. The topological polar surface area (TPSA) is 34.1 Å². The largest absolute Gasteiger partial charge is 0.229 e. The molecule has 0 saturated heterocycles. The van der Waals surface area contributed by atoms with Gasteiger partial charge in [-0.1, -0.05) is 30.3 Å². The summed E-state index contributed by atoms with van der Waals surface area (Å²) in [6, 6.07) is 10.2. The first-order valence-corrected chi connectivity index (χ1v) is 8.38. The predicted molar refractivity (Wildman–Crippen MR) is 73.3 cm³/mol. The summed E-state index contributed by atoms with van der Waals surface area (Å²) < 4.78 is 22.1. The van der Waals surface area contributed by atoms with E-state index in [1.165, 1.54) is 11.8 Å². The first-order valence-electron chi connectivity index (χ1n) is 5.79. The molecule has 0 heterocycles. The lowest BCUT2D eigenvalue weighted by atomic mass is 9.97. The Bertz CT molecular complexity index is 414. The van der Waals surface area contributed by atoms with Gasteiger partial charge in [0, 0.05) is 17.9 Å². The molecule has 1 rings (SSSR count). The van der Waals surface area contributed by atoms with E-state index in [9.17, 15) is 8.42 Å². The van der Waals surface area contributed by atoms with Gasteiger partial charge in [-0.15, -0.1) is 11.6 Å². The van der Waals surface area contributed by atoms with Crippen molar-refractivity contribution in [3.05, 3.63) is 35.9 Å². The third-order valence-corrected chi connectivity index (χ3v) is 4.18. The molecule has 0 amide bonds. The Labute approximate surface area is 109 Å². The van der Waals surface area contributed by atoms with Crippen LogP contribution in [-0.4, -0.2) is 26.3 Å². The quantitative estimate of drug-likeness (QED) is 0.717. The molecule has 0 radical (unpaired) electrons. The van der Waals surface area contributed by atoms with E-state index in [1.807, 2.05) is 18.2 Å². The van der Waals surface area contributed by atoms with Crippen LogP contribution in [0.1, 0.15) is 18.4 Å². The number of hydrogen-bond donors (Lipinski definition) is 0. The minimum absolute atomic E-state index is 0.259. The zero-order valence-corrected chi connectivity index (χ0v) is 11.7. The summed E-state index contributed by atoms with van der Waals surface area (Å²) in [6.07, 6.45) is 3.77. The summed E-state index contributed by atoms with van der Waals surface area (Å²) in [5.74, 6) is 1.20. The van der Waals surface area contributed by atoms with Crippen LogP contribution < -0.4 is 0 Å². The first kappa shape index (κ1) is 14.5. The Morgan fingerprint density at radius 3 is 2.41 bits per heavy atom. The second-order valence-corrected chi connectivity index (χ2v) is 7.05. The van der Waals surface area contributed by atoms with Crippen LogP contribution in [0.2, 0.25) is 0 Å². The highest BCUT2D eigenvalue weighted by atomic mass is 35.5. The monoisotopic (exact) mass is 274 g/mol. The van der Waals surface area contributed by atoms with Gasteiger partial charge in [0.1, 0.15) is 9.84 Å². The Morgan fingerprint density at radius 2 is 1.88 bits per heavy atom. The SMILES string of the molecule is CS(=O)(=O)CCCC(CCl)Cc1ccccc1. The molecular weight excluding hydrogens is 256 g/mol. The highest BCUT2D eigenvalue weighted by Gasteiger charge is 2.10. The molecule has 0 fully saturated rings. The molecule has 1 unspecified atom stereocenters. The van der Waals surface area contributed by atoms with Gasteiger partial charge in [-0.05, 0) is 30.7 Å². The Kier molecular flexibility index (Phi) is 6.00. The van der Waals surface area contributed by atoms with E-state index in [4.69, 9.17) is 11.6 Å². The van der Waals surface area contributed by atoms with Gasteiger partial charge in [0.25, 0.3) is 0 Å². The average molecular weight is 275 g/mol. The maximum atomic E-state index is 11.0. The van der Waals surface area contributed by atoms with E-state index in [1.54, 1.807) is 0 Å². The molecule has 0 N–H and O–H groups in total.